The van der Waals surface area contributed by atoms with Crippen LogP contribution in [-0.2, 0) is 16.6 Å². The number of benzene rings is 2. The highest BCUT2D eigenvalue weighted by molar-refractivity contribution is 7.92. The molecule has 0 saturated heterocycles. The van der Waals surface area contributed by atoms with Crippen molar-refractivity contribution >= 4 is 33.0 Å². The zero-order valence-corrected chi connectivity index (χ0v) is 12.5. The number of hydrogen-bond acceptors (Lipinski definition) is 3. The van der Waals surface area contributed by atoms with Crippen LogP contribution in [0.4, 0.5) is 11.4 Å². The standard InChI is InChI=1S/C14H15ClN2O2S/c1-20(18,19)17-13-7-4-6-12(9-13)16-10-11-5-2-3-8-14(11)15/h2-9,16-17H,10H2,1H3. The molecule has 2 aromatic rings. The summed E-state index contributed by atoms with van der Waals surface area (Å²) in [6.45, 7) is 0.571. The van der Waals surface area contributed by atoms with Gasteiger partial charge in [0.1, 0.15) is 0 Å². The van der Waals surface area contributed by atoms with Crippen LogP contribution in [0.25, 0.3) is 0 Å². The molecule has 0 heterocycles. The molecule has 0 atom stereocenters. The van der Waals surface area contributed by atoms with Crippen molar-refractivity contribution in [1.29, 1.82) is 0 Å². The van der Waals surface area contributed by atoms with Crippen molar-refractivity contribution in [3.8, 4) is 0 Å². The van der Waals surface area contributed by atoms with E-state index >= 15 is 0 Å². The molecule has 0 spiro atoms. The fraction of sp³-hybridized carbons (Fsp3) is 0.143. The van der Waals surface area contributed by atoms with Crippen molar-refractivity contribution in [3.05, 3.63) is 59.1 Å². The molecule has 6 heteroatoms. The fourth-order valence-corrected chi connectivity index (χ4v) is 2.50. The van der Waals surface area contributed by atoms with Gasteiger partial charge in [0, 0.05) is 17.3 Å². The predicted octanol–water partition coefficient (Wildman–Crippen LogP) is 3.32. The molecular weight excluding hydrogens is 296 g/mol. The first kappa shape index (κ1) is 14.7. The molecule has 0 radical (unpaired) electrons. The average molecular weight is 311 g/mol. The SMILES string of the molecule is CS(=O)(=O)Nc1cccc(NCc2ccccc2Cl)c1. The zero-order valence-electron chi connectivity index (χ0n) is 10.9. The molecule has 0 bridgehead atoms. The van der Waals surface area contributed by atoms with Gasteiger partial charge in [-0.3, -0.25) is 4.72 Å². The van der Waals surface area contributed by atoms with Gasteiger partial charge in [-0.15, -0.1) is 0 Å². The zero-order chi connectivity index (χ0) is 14.6. The second-order valence-corrected chi connectivity index (χ2v) is 6.56. The summed E-state index contributed by atoms with van der Waals surface area (Å²) in [7, 11) is -3.27. The maximum absolute atomic E-state index is 11.2. The van der Waals surface area contributed by atoms with Crippen LogP contribution in [0.1, 0.15) is 5.56 Å². The number of sulfonamides is 1. The van der Waals surface area contributed by atoms with Crippen molar-refractivity contribution in [2.75, 3.05) is 16.3 Å². The molecule has 20 heavy (non-hydrogen) atoms. The molecule has 4 nitrogen and oxygen atoms in total. The van der Waals surface area contributed by atoms with E-state index < -0.39 is 10.0 Å². The van der Waals surface area contributed by atoms with E-state index in [-0.39, 0.29) is 0 Å². The average Bonchev–Trinajstić information content (AvgIpc) is 2.36. The van der Waals surface area contributed by atoms with E-state index in [2.05, 4.69) is 10.0 Å². The van der Waals surface area contributed by atoms with Crippen molar-refractivity contribution in [1.82, 2.24) is 0 Å². The summed E-state index contributed by atoms with van der Waals surface area (Å²) in [6.07, 6.45) is 1.12. The highest BCUT2D eigenvalue weighted by atomic mass is 35.5. The van der Waals surface area contributed by atoms with Crippen molar-refractivity contribution in [2.45, 2.75) is 6.54 Å². The first-order chi connectivity index (χ1) is 9.44. The lowest BCUT2D eigenvalue weighted by Crippen LogP contribution is -2.09. The molecule has 2 N–H and O–H groups in total. The number of nitrogens with one attached hydrogen (secondary N) is 2. The number of hydrogen-bond donors (Lipinski definition) is 2. The van der Waals surface area contributed by atoms with Crippen LogP contribution in [0.3, 0.4) is 0 Å². The topological polar surface area (TPSA) is 58.2 Å². The van der Waals surface area contributed by atoms with Gasteiger partial charge >= 0.3 is 0 Å². The second kappa shape index (κ2) is 6.15. The third-order valence-corrected chi connectivity index (χ3v) is 3.58. The Morgan fingerprint density at radius 2 is 1.75 bits per heavy atom. The smallest absolute Gasteiger partial charge is 0.229 e. The second-order valence-electron chi connectivity index (χ2n) is 4.40. The molecule has 106 valence electrons. The van der Waals surface area contributed by atoms with E-state index in [4.69, 9.17) is 11.6 Å². The van der Waals surface area contributed by atoms with E-state index in [0.29, 0.717) is 17.3 Å². The first-order valence-corrected chi connectivity index (χ1v) is 8.26. The largest absolute Gasteiger partial charge is 0.381 e. The monoisotopic (exact) mass is 310 g/mol. The Balaban J connectivity index is 2.07. The van der Waals surface area contributed by atoms with Crippen LogP contribution < -0.4 is 10.0 Å². The molecule has 0 aromatic heterocycles. The van der Waals surface area contributed by atoms with Crippen LogP contribution >= 0.6 is 11.6 Å². The third-order valence-electron chi connectivity index (χ3n) is 2.61. The Kier molecular flexibility index (Phi) is 4.52. The Bertz CT molecular complexity index is 702. The summed E-state index contributed by atoms with van der Waals surface area (Å²) in [5, 5.41) is 3.91. The van der Waals surface area contributed by atoms with Crippen LogP contribution in [0.2, 0.25) is 5.02 Å². The Hall–Kier alpha value is -1.72. The highest BCUT2D eigenvalue weighted by Gasteiger charge is 2.03. The maximum Gasteiger partial charge on any atom is 0.229 e. The molecule has 2 aromatic carbocycles. The van der Waals surface area contributed by atoms with Gasteiger partial charge in [0.2, 0.25) is 10.0 Å². The molecule has 0 unspecified atom stereocenters. The maximum atomic E-state index is 11.2. The fourth-order valence-electron chi connectivity index (χ4n) is 1.75. The van der Waals surface area contributed by atoms with Gasteiger partial charge in [-0.25, -0.2) is 8.42 Å². The van der Waals surface area contributed by atoms with Crippen LogP contribution in [0.5, 0.6) is 0 Å². The van der Waals surface area contributed by atoms with Crippen LogP contribution in [0.15, 0.2) is 48.5 Å². The summed E-state index contributed by atoms with van der Waals surface area (Å²) in [5.41, 5.74) is 2.32. The summed E-state index contributed by atoms with van der Waals surface area (Å²) >= 11 is 6.08. The Labute approximate surface area is 123 Å². The summed E-state index contributed by atoms with van der Waals surface area (Å²) in [6, 6.07) is 14.6. The summed E-state index contributed by atoms with van der Waals surface area (Å²) in [4.78, 5) is 0. The number of halogens is 1. The Morgan fingerprint density at radius 3 is 2.45 bits per heavy atom. The lowest BCUT2D eigenvalue weighted by atomic mass is 10.2. The quantitative estimate of drug-likeness (QED) is 0.890. The molecular formula is C14H15ClN2O2S. The number of rotatable bonds is 5. The molecule has 2 rings (SSSR count). The molecule has 0 aliphatic carbocycles. The molecule has 0 amide bonds. The van der Waals surface area contributed by atoms with Gasteiger partial charge < -0.3 is 5.32 Å². The van der Waals surface area contributed by atoms with E-state index in [1.807, 2.05) is 30.3 Å². The lowest BCUT2D eigenvalue weighted by Gasteiger charge is -2.10. The molecule has 0 fully saturated rings. The lowest BCUT2D eigenvalue weighted by molar-refractivity contribution is 0.607. The molecule has 0 saturated carbocycles. The minimum atomic E-state index is -3.27. The van der Waals surface area contributed by atoms with Gasteiger partial charge in [-0.2, -0.15) is 0 Å². The summed E-state index contributed by atoms with van der Waals surface area (Å²) in [5.74, 6) is 0. The van der Waals surface area contributed by atoms with Crippen LogP contribution in [0, 0.1) is 0 Å². The van der Waals surface area contributed by atoms with Crippen LogP contribution in [-0.4, -0.2) is 14.7 Å². The van der Waals surface area contributed by atoms with Gasteiger partial charge in [0.15, 0.2) is 0 Å². The first-order valence-electron chi connectivity index (χ1n) is 5.99. The third kappa shape index (κ3) is 4.43. The van der Waals surface area contributed by atoms with E-state index in [0.717, 1.165) is 17.5 Å². The predicted molar refractivity (Wildman–Crippen MR) is 83.7 cm³/mol. The van der Waals surface area contributed by atoms with Gasteiger partial charge in [0.25, 0.3) is 0 Å². The van der Waals surface area contributed by atoms with E-state index in [1.54, 1.807) is 18.2 Å². The summed E-state index contributed by atoms with van der Waals surface area (Å²) < 4.78 is 24.8. The van der Waals surface area contributed by atoms with Crippen molar-refractivity contribution in [2.24, 2.45) is 0 Å². The van der Waals surface area contributed by atoms with E-state index in [9.17, 15) is 8.42 Å². The van der Waals surface area contributed by atoms with Gasteiger partial charge in [-0.05, 0) is 29.8 Å². The minimum Gasteiger partial charge on any atom is -0.381 e. The minimum absolute atomic E-state index is 0.525. The van der Waals surface area contributed by atoms with Crippen molar-refractivity contribution in [3.63, 3.8) is 0 Å². The highest BCUT2D eigenvalue weighted by Crippen LogP contribution is 2.19. The Morgan fingerprint density at radius 1 is 1.05 bits per heavy atom. The van der Waals surface area contributed by atoms with E-state index in [1.165, 1.54) is 0 Å². The molecule has 0 aliphatic rings. The van der Waals surface area contributed by atoms with Gasteiger partial charge in [-0.1, -0.05) is 35.9 Å². The normalized spacial score (nSPS) is 11.1. The van der Waals surface area contributed by atoms with Crippen molar-refractivity contribution < 1.29 is 8.42 Å². The number of anilines is 2. The van der Waals surface area contributed by atoms with Gasteiger partial charge in [0.05, 0.1) is 11.9 Å². The molecule has 0 aliphatic heterocycles.